The summed E-state index contributed by atoms with van der Waals surface area (Å²) in [6.07, 6.45) is 0. The van der Waals surface area contributed by atoms with E-state index >= 15 is 0 Å². The molecule has 0 bridgehead atoms. The summed E-state index contributed by atoms with van der Waals surface area (Å²) in [6.45, 7) is 0. The molecule has 0 saturated carbocycles. The summed E-state index contributed by atoms with van der Waals surface area (Å²) in [5.74, 6) is 1.93. The fourth-order valence-corrected chi connectivity index (χ4v) is 8.11. The van der Waals surface area contributed by atoms with E-state index in [4.69, 9.17) is 19.4 Å². The van der Waals surface area contributed by atoms with Crippen LogP contribution in [0.15, 0.2) is 192 Å². The van der Waals surface area contributed by atoms with Crippen molar-refractivity contribution in [3.63, 3.8) is 0 Å². The van der Waals surface area contributed by atoms with Crippen LogP contribution in [0.4, 0.5) is 0 Å². The van der Waals surface area contributed by atoms with Crippen LogP contribution in [0.25, 0.3) is 111 Å². The molecule has 0 atom stereocenters. The van der Waals surface area contributed by atoms with Gasteiger partial charge in [-0.05, 0) is 85.3 Å². The third-order valence-corrected chi connectivity index (χ3v) is 10.7. The second-order valence-electron chi connectivity index (χ2n) is 14.0. The largest absolute Gasteiger partial charge is 0.456 e. The summed E-state index contributed by atoms with van der Waals surface area (Å²) < 4.78 is 6.57. The van der Waals surface area contributed by atoms with Crippen molar-refractivity contribution in [3.8, 4) is 67.5 Å². The number of nitrogens with zero attached hydrogens (tertiary/aromatic N) is 3. The van der Waals surface area contributed by atoms with Gasteiger partial charge < -0.3 is 4.42 Å². The highest BCUT2D eigenvalue weighted by atomic mass is 16.3. The number of hydrogen-bond donors (Lipinski definition) is 0. The molecule has 55 heavy (non-hydrogen) atoms. The van der Waals surface area contributed by atoms with Crippen molar-refractivity contribution in [2.45, 2.75) is 0 Å². The predicted octanol–water partition coefficient (Wildman–Crippen LogP) is 13.5. The molecule has 11 rings (SSSR count). The lowest BCUT2D eigenvalue weighted by Crippen LogP contribution is -2.00. The molecule has 0 radical (unpaired) electrons. The van der Waals surface area contributed by atoms with Crippen LogP contribution in [-0.4, -0.2) is 15.0 Å². The maximum atomic E-state index is 6.57. The Morgan fingerprint density at radius 2 is 0.764 bits per heavy atom. The van der Waals surface area contributed by atoms with Crippen molar-refractivity contribution < 1.29 is 4.42 Å². The SMILES string of the molecule is c1ccc(-c2cc3oc4cccc5c6c(-c7cccc(-c8cccc(-c9nc(-c%10ccccc%10)nc(-c%10ccccc%10)n9)c8)c7)cccc6c(c2)c3c45)cc1. The normalized spacial score (nSPS) is 11.6. The molecule has 2 heterocycles. The number of rotatable bonds is 6. The van der Waals surface area contributed by atoms with E-state index in [1.54, 1.807) is 0 Å². The lowest BCUT2D eigenvalue weighted by Gasteiger charge is -2.15. The van der Waals surface area contributed by atoms with Gasteiger partial charge in [0.1, 0.15) is 11.2 Å². The van der Waals surface area contributed by atoms with Gasteiger partial charge in [0, 0.05) is 27.5 Å². The molecule has 0 saturated heterocycles. The molecule has 0 amide bonds. The average molecular weight is 702 g/mol. The summed E-state index contributed by atoms with van der Waals surface area (Å²) >= 11 is 0. The van der Waals surface area contributed by atoms with Gasteiger partial charge in [0.2, 0.25) is 0 Å². The van der Waals surface area contributed by atoms with E-state index in [2.05, 4.69) is 127 Å². The first-order chi connectivity index (χ1) is 27.2. The molecule has 256 valence electrons. The molecule has 4 heteroatoms. The third kappa shape index (κ3) is 5.26. The lowest BCUT2D eigenvalue weighted by atomic mass is 9.88. The summed E-state index contributed by atoms with van der Waals surface area (Å²) in [6, 6.07) is 65.7. The molecule has 0 N–H and O–H groups in total. The Labute approximate surface area is 317 Å². The zero-order valence-corrected chi connectivity index (χ0v) is 29.6. The van der Waals surface area contributed by atoms with E-state index in [0.29, 0.717) is 17.5 Å². The topological polar surface area (TPSA) is 51.8 Å². The van der Waals surface area contributed by atoms with Gasteiger partial charge in [0.15, 0.2) is 17.5 Å². The van der Waals surface area contributed by atoms with E-state index in [1.165, 1.54) is 43.4 Å². The molecule has 4 nitrogen and oxygen atoms in total. The molecule has 2 aromatic heterocycles. The maximum absolute atomic E-state index is 6.57. The van der Waals surface area contributed by atoms with Crippen molar-refractivity contribution in [2.24, 2.45) is 0 Å². The summed E-state index contributed by atoms with van der Waals surface area (Å²) in [4.78, 5) is 14.9. The number of benzene rings is 9. The highest BCUT2D eigenvalue weighted by Crippen LogP contribution is 2.47. The van der Waals surface area contributed by atoms with Crippen LogP contribution in [-0.2, 0) is 0 Å². The van der Waals surface area contributed by atoms with Gasteiger partial charge in [-0.1, -0.05) is 158 Å². The number of furan rings is 1. The van der Waals surface area contributed by atoms with Gasteiger partial charge in [-0.15, -0.1) is 0 Å². The molecule has 0 aliphatic rings. The first-order valence-electron chi connectivity index (χ1n) is 18.5. The van der Waals surface area contributed by atoms with Crippen LogP contribution < -0.4 is 0 Å². The Hall–Kier alpha value is -7.43. The van der Waals surface area contributed by atoms with Crippen molar-refractivity contribution in [2.75, 3.05) is 0 Å². The van der Waals surface area contributed by atoms with Crippen LogP contribution in [0.1, 0.15) is 0 Å². The Bertz CT molecular complexity index is 3130. The summed E-state index contributed by atoms with van der Waals surface area (Å²) in [5.41, 5.74) is 11.5. The minimum atomic E-state index is 0.635. The van der Waals surface area contributed by atoms with E-state index in [0.717, 1.165) is 50.1 Å². The highest BCUT2D eigenvalue weighted by Gasteiger charge is 2.21. The van der Waals surface area contributed by atoms with Crippen LogP contribution in [0.2, 0.25) is 0 Å². The van der Waals surface area contributed by atoms with Gasteiger partial charge >= 0.3 is 0 Å². The second kappa shape index (κ2) is 12.6. The predicted molar refractivity (Wildman–Crippen MR) is 226 cm³/mol. The second-order valence-corrected chi connectivity index (χ2v) is 14.0. The molecular formula is C51H31N3O. The maximum Gasteiger partial charge on any atom is 0.164 e. The van der Waals surface area contributed by atoms with Crippen LogP contribution in [0.3, 0.4) is 0 Å². The Morgan fingerprint density at radius 1 is 0.273 bits per heavy atom. The number of aromatic nitrogens is 3. The third-order valence-electron chi connectivity index (χ3n) is 10.7. The zero-order chi connectivity index (χ0) is 36.3. The van der Waals surface area contributed by atoms with Crippen molar-refractivity contribution >= 4 is 43.5 Å². The van der Waals surface area contributed by atoms with Gasteiger partial charge in [-0.3, -0.25) is 0 Å². The molecule has 11 aromatic rings. The van der Waals surface area contributed by atoms with Gasteiger partial charge in [-0.25, -0.2) is 15.0 Å². The molecule has 0 aliphatic heterocycles. The minimum absolute atomic E-state index is 0.635. The number of hydrogen-bond acceptors (Lipinski definition) is 4. The smallest absolute Gasteiger partial charge is 0.164 e. The highest BCUT2D eigenvalue weighted by molar-refractivity contribution is 6.35. The molecule has 0 aliphatic carbocycles. The quantitative estimate of drug-likeness (QED) is 0.162. The Kier molecular flexibility index (Phi) is 7.14. The lowest BCUT2D eigenvalue weighted by molar-refractivity contribution is 0.669. The van der Waals surface area contributed by atoms with Crippen LogP contribution in [0, 0.1) is 0 Å². The Balaban J connectivity index is 1.06. The molecule has 9 aromatic carbocycles. The molecular weight excluding hydrogens is 671 g/mol. The van der Waals surface area contributed by atoms with Crippen LogP contribution in [0.5, 0.6) is 0 Å². The monoisotopic (exact) mass is 701 g/mol. The van der Waals surface area contributed by atoms with Gasteiger partial charge in [0.05, 0.1) is 0 Å². The van der Waals surface area contributed by atoms with Crippen molar-refractivity contribution in [1.29, 1.82) is 0 Å². The fourth-order valence-electron chi connectivity index (χ4n) is 8.11. The van der Waals surface area contributed by atoms with Crippen molar-refractivity contribution in [1.82, 2.24) is 15.0 Å². The fraction of sp³-hybridized carbons (Fsp3) is 0. The Morgan fingerprint density at radius 3 is 1.44 bits per heavy atom. The molecule has 0 unspecified atom stereocenters. The summed E-state index contributed by atoms with van der Waals surface area (Å²) in [5, 5.41) is 7.21. The zero-order valence-electron chi connectivity index (χ0n) is 29.6. The van der Waals surface area contributed by atoms with E-state index in [1.807, 2.05) is 60.7 Å². The van der Waals surface area contributed by atoms with E-state index < -0.39 is 0 Å². The molecule has 0 fully saturated rings. The first kappa shape index (κ1) is 31.1. The first-order valence-corrected chi connectivity index (χ1v) is 18.5. The average Bonchev–Trinajstić information content (AvgIpc) is 3.66. The molecule has 0 spiro atoms. The minimum Gasteiger partial charge on any atom is -0.456 e. The van der Waals surface area contributed by atoms with Gasteiger partial charge in [0.25, 0.3) is 0 Å². The van der Waals surface area contributed by atoms with Gasteiger partial charge in [-0.2, -0.15) is 0 Å². The standard InChI is InChI=1S/C51H31N3O/c1-4-14-32(15-5-1)39-30-43-41-25-12-24-40(46(41)42-26-13-27-44-47(42)48(43)45(31-39)55-44)37-22-10-20-35(28-37)36-21-11-23-38(29-36)51-53-49(33-16-6-2-7-17-33)52-50(54-51)34-18-8-3-9-19-34/h1-31H. The van der Waals surface area contributed by atoms with E-state index in [9.17, 15) is 0 Å². The number of fused-ring (bicyclic) bond motifs is 3. The summed E-state index contributed by atoms with van der Waals surface area (Å²) in [7, 11) is 0. The van der Waals surface area contributed by atoms with Crippen molar-refractivity contribution in [3.05, 3.63) is 188 Å². The van der Waals surface area contributed by atoms with E-state index in [-0.39, 0.29) is 0 Å². The van der Waals surface area contributed by atoms with Crippen LogP contribution >= 0.6 is 0 Å².